The van der Waals surface area contributed by atoms with E-state index in [1.807, 2.05) is 6.08 Å². The summed E-state index contributed by atoms with van der Waals surface area (Å²) in [5.74, 6) is 3.08. The molecule has 0 saturated heterocycles. The van der Waals surface area contributed by atoms with Crippen molar-refractivity contribution in [2.75, 3.05) is 0 Å². The van der Waals surface area contributed by atoms with Crippen molar-refractivity contribution in [3.8, 4) is 0 Å². The van der Waals surface area contributed by atoms with Gasteiger partial charge in [-0.3, -0.25) is 0 Å². The zero-order valence-corrected chi connectivity index (χ0v) is 7.06. The molecule has 1 saturated carbocycles. The highest BCUT2D eigenvalue weighted by Gasteiger charge is 2.44. The van der Waals surface area contributed by atoms with E-state index in [4.69, 9.17) is 0 Å². The molecule has 0 aromatic rings. The fourth-order valence-electron chi connectivity index (χ4n) is 3.19. The molecule has 3 aliphatic rings. The molecule has 0 radical (unpaired) electrons. The summed E-state index contributed by atoms with van der Waals surface area (Å²) in [5, 5.41) is 9.47. The first-order chi connectivity index (χ1) is 5.84. The van der Waals surface area contributed by atoms with Gasteiger partial charge in [0.15, 0.2) is 0 Å². The molecule has 0 aromatic carbocycles. The summed E-state index contributed by atoms with van der Waals surface area (Å²) in [6.45, 7) is 0. The summed E-state index contributed by atoms with van der Waals surface area (Å²) in [6.07, 6.45) is 11.1. The molecule has 12 heavy (non-hydrogen) atoms. The number of aliphatic hydroxyl groups is 1. The predicted molar refractivity (Wildman–Crippen MR) is 47.5 cm³/mol. The van der Waals surface area contributed by atoms with E-state index in [9.17, 15) is 5.11 Å². The van der Waals surface area contributed by atoms with Gasteiger partial charge in [-0.05, 0) is 36.5 Å². The molecule has 5 unspecified atom stereocenters. The van der Waals surface area contributed by atoms with Crippen LogP contribution in [0.4, 0.5) is 0 Å². The summed E-state index contributed by atoms with van der Waals surface area (Å²) in [6, 6.07) is 0. The molecular formula is C11H14O. The van der Waals surface area contributed by atoms with Crippen LogP contribution in [0.15, 0.2) is 24.3 Å². The van der Waals surface area contributed by atoms with Crippen LogP contribution in [-0.4, -0.2) is 11.2 Å². The summed E-state index contributed by atoms with van der Waals surface area (Å²) >= 11 is 0. The van der Waals surface area contributed by atoms with Crippen molar-refractivity contribution in [3.63, 3.8) is 0 Å². The lowest BCUT2D eigenvalue weighted by Gasteiger charge is -2.30. The lowest BCUT2D eigenvalue weighted by atomic mass is 9.76. The highest BCUT2D eigenvalue weighted by molar-refractivity contribution is 5.20. The highest BCUT2D eigenvalue weighted by Crippen LogP contribution is 2.51. The van der Waals surface area contributed by atoms with E-state index in [0.717, 1.165) is 30.1 Å². The highest BCUT2D eigenvalue weighted by atomic mass is 16.3. The van der Waals surface area contributed by atoms with Crippen molar-refractivity contribution < 1.29 is 5.11 Å². The third-order valence-corrected chi connectivity index (χ3v) is 3.76. The minimum atomic E-state index is -0.168. The van der Waals surface area contributed by atoms with E-state index in [1.54, 1.807) is 0 Å². The van der Waals surface area contributed by atoms with Crippen LogP contribution in [0.25, 0.3) is 0 Å². The SMILES string of the molecule is OC1C=CC2C3C=CC(C3)C2C1. The maximum atomic E-state index is 9.47. The summed E-state index contributed by atoms with van der Waals surface area (Å²) in [4.78, 5) is 0. The number of fused-ring (bicyclic) bond motifs is 5. The maximum Gasteiger partial charge on any atom is 0.0724 e. The fourth-order valence-corrected chi connectivity index (χ4v) is 3.19. The molecular weight excluding hydrogens is 148 g/mol. The van der Waals surface area contributed by atoms with Crippen LogP contribution < -0.4 is 0 Å². The lowest BCUT2D eigenvalue weighted by Crippen LogP contribution is -2.26. The molecule has 5 atom stereocenters. The van der Waals surface area contributed by atoms with Crippen molar-refractivity contribution in [2.24, 2.45) is 23.7 Å². The van der Waals surface area contributed by atoms with Crippen LogP contribution in [0.2, 0.25) is 0 Å². The lowest BCUT2D eigenvalue weighted by molar-refractivity contribution is 0.153. The van der Waals surface area contributed by atoms with Gasteiger partial charge in [0, 0.05) is 0 Å². The Morgan fingerprint density at radius 1 is 0.917 bits per heavy atom. The monoisotopic (exact) mass is 162 g/mol. The van der Waals surface area contributed by atoms with Crippen molar-refractivity contribution >= 4 is 0 Å². The van der Waals surface area contributed by atoms with Gasteiger partial charge in [0.1, 0.15) is 0 Å². The standard InChI is InChI=1S/C11H14O/c12-9-3-4-10-7-1-2-8(5-7)11(10)6-9/h1-4,7-12H,5-6H2. The molecule has 0 aromatic heterocycles. The molecule has 3 rings (SSSR count). The van der Waals surface area contributed by atoms with E-state index in [0.29, 0.717) is 0 Å². The second-order valence-corrected chi connectivity index (χ2v) is 4.38. The van der Waals surface area contributed by atoms with Gasteiger partial charge in [0.2, 0.25) is 0 Å². The zero-order valence-electron chi connectivity index (χ0n) is 7.06. The molecule has 0 aliphatic heterocycles. The largest absolute Gasteiger partial charge is 0.389 e. The van der Waals surface area contributed by atoms with E-state index < -0.39 is 0 Å². The van der Waals surface area contributed by atoms with Gasteiger partial charge in [-0.2, -0.15) is 0 Å². The van der Waals surface area contributed by atoms with Gasteiger partial charge in [-0.1, -0.05) is 24.3 Å². The van der Waals surface area contributed by atoms with Gasteiger partial charge < -0.3 is 5.11 Å². The topological polar surface area (TPSA) is 20.2 Å². The number of rotatable bonds is 0. The van der Waals surface area contributed by atoms with Gasteiger partial charge >= 0.3 is 0 Å². The molecule has 0 spiro atoms. The Morgan fingerprint density at radius 3 is 2.67 bits per heavy atom. The minimum absolute atomic E-state index is 0.168. The van der Waals surface area contributed by atoms with E-state index in [1.165, 1.54) is 6.42 Å². The van der Waals surface area contributed by atoms with Gasteiger partial charge in [0.25, 0.3) is 0 Å². The second-order valence-electron chi connectivity index (χ2n) is 4.38. The summed E-state index contributed by atoms with van der Waals surface area (Å²) in [5.41, 5.74) is 0. The average Bonchev–Trinajstić information content (AvgIpc) is 2.63. The van der Waals surface area contributed by atoms with Crippen LogP contribution in [0.1, 0.15) is 12.8 Å². The minimum Gasteiger partial charge on any atom is -0.389 e. The summed E-state index contributed by atoms with van der Waals surface area (Å²) in [7, 11) is 0. The smallest absolute Gasteiger partial charge is 0.0724 e. The van der Waals surface area contributed by atoms with Crippen LogP contribution in [0, 0.1) is 23.7 Å². The summed E-state index contributed by atoms with van der Waals surface area (Å²) < 4.78 is 0. The fraction of sp³-hybridized carbons (Fsp3) is 0.636. The predicted octanol–water partition coefficient (Wildman–Crippen LogP) is 1.75. The third-order valence-electron chi connectivity index (χ3n) is 3.76. The maximum absolute atomic E-state index is 9.47. The Hall–Kier alpha value is -0.560. The Kier molecular flexibility index (Phi) is 1.28. The number of hydrogen-bond acceptors (Lipinski definition) is 1. The third kappa shape index (κ3) is 0.776. The van der Waals surface area contributed by atoms with Crippen LogP contribution in [0.3, 0.4) is 0 Å². The van der Waals surface area contributed by atoms with Crippen LogP contribution in [-0.2, 0) is 0 Å². The van der Waals surface area contributed by atoms with Crippen molar-refractivity contribution in [1.82, 2.24) is 0 Å². The number of allylic oxidation sites excluding steroid dienone is 3. The zero-order chi connectivity index (χ0) is 8.13. The molecule has 1 heteroatoms. The first-order valence-electron chi connectivity index (χ1n) is 4.89. The van der Waals surface area contributed by atoms with Gasteiger partial charge in [-0.25, -0.2) is 0 Å². The van der Waals surface area contributed by atoms with E-state index in [2.05, 4.69) is 18.2 Å². The molecule has 0 heterocycles. The van der Waals surface area contributed by atoms with Crippen LogP contribution in [0.5, 0.6) is 0 Å². The Morgan fingerprint density at radius 2 is 1.75 bits per heavy atom. The van der Waals surface area contributed by atoms with E-state index >= 15 is 0 Å². The molecule has 1 nitrogen and oxygen atoms in total. The quantitative estimate of drug-likeness (QED) is 0.538. The molecule has 3 aliphatic carbocycles. The van der Waals surface area contributed by atoms with Crippen LogP contribution >= 0.6 is 0 Å². The molecule has 0 amide bonds. The molecule has 1 fully saturated rings. The second kappa shape index (κ2) is 2.23. The van der Waals surface area contributed by atoms with Gasteiger partial charge in [0.05, 0.1) is 6.10 Å². The normalized spacial score (nSPS) is 54.6. The average molecular weight is 162 g/mol. The Balaban J connectivity index is 1.94. The Bertz CT molecular complexity index is 254. The molecule has 64 valence electrons. The van der Waals surface area contributed by atoms with Crippen molar-refractivity contribution in [2.45, 2.75) is 18.9 Å². The van der Waals surface area contributed by atoms with Crippen molar-refractivity contribution in [1.29, 1.82) is 0 Å². The first-order valence-corrected chi connectivity index (χ1v) is 4.89. The number of aliphatic hydroxyl groups excluding tert-OH is 1. The molecule has 2 bridgehead atoms. The van der Waals surface area contributed by atoms with E-state index in [-0.39, 0.29) is 6.10 Å². The van der Waals surface area contributed by atoms with Crippen molar-refractivity contribution in [3.05, 3.63) is 24.3 Å². The van der Waals surface area contributed by atoms with Gasteiger partial charge in [-0.15, -0.1) is 0 Å². The number of hydrogen-bond donors (Lipinski definition) is 1. The first kappa shape index (κ1) is 6.90. The molecule has 1 N–H and O–H groups in total. The Labute approximate surface area is 72.8 Å².